The van der Waals surface area contributed by atoms with E-state index in [1.807, 2.05) is 0 Å². The largest absolute Gasteiger partial charge is 0.333 e. The van der Waals surface area contributed by atoms with Crippen molar-refractivity contribution in [2.24, 2.45) is 5.92 Å². The lowest BCUT2D eigenvalue weighted by Crippen LogP contribution is -3.15. The molecule has 2 N–H and O–H groups in total. The van der Waals surface area contributed by atoms with Crippen molar-refractivity contribution in [1.29, 1.82) is 0 Å². The summed E-state index contributed by atoms with van der Waals surface area (Å²) in [5, 5.41) is 2.65. The van der Waals surface area contributed by atoms with E-state index in [1.165, 1.54) is 24.7 Å². The van der Waals surface area contributed by atoms with Crippen molar-refractivity contribution in [2.45, 2.75) is 31.1 Å². The zero-order valence-electron chi connectivity index (χ0n) is 15.3. The van der Waals surface area contributed by atoms with Crippen molar-refractivity contribution < 1.29 is 18.1 Å². The van der Waals surface area contributed by atoms with Crippen LogP contribution >= 0.6 is 0 Å². The van der Waals surface area contributed by atoms with Gasteiger partial charge in [0.2, 0.25) is 15.9 Å². The molecule has 1 amide bonds. The van der Waals surface area contributed by atoms with E-state index in [1.54, 1.807) is 28.6 Å². The normalized spacial score (nSPS) is 22.3. The quantitative estimate of drug-likeness (QED) is 0.748. The Kier molecular flexibility index (Phi) is 6.11. The molecule has 0 bridgehead atoms. The lowest BCUT2D eigenvalue weighted by Gasteiger charge is -2.33. The van der Waals surface area contributed by atoms with Crippen LogP contribution in [-0.4, -0.2) is 51.4 Å². The van der Waals surface area contributed by atoms with Crippen LogP contribution in [0.4, 0.5) is 5.69 Å². The highest BCUT2D eigenvalue weighted by Gasteiger charge is 2.31. The Morgan fingerprint density at radius 3 is 2.46 bits per heavy atom. The zero-order valence-corrected chi connectivity index (χ0v) is 16.1. The monoisotopic (exact) mass is 378 g/mol. The molecule has 1 fully saturated rings. The van der Waals surface area contributed by atoms with Crippen LogP contribution in [0.25, 0.3) is 0 Å². The number of amides is 1. The lowest BCUT2D eigenvalue weighted by atomic mass is 9.94. The number of rotatable bonds is 5. The number of benzene rings is 1. The summed E-state index contributed by atoms with van der Waals surface area (Å²) in [7, 11) is -3.47. The summed E-state index contributed by atoms with van der Waals surface area (Å²) in [6.07, 6.45) is 8.12. The van der Waals surface area contributed by atoms with E-state index in [0.717, 1.165) is 32.0 Å². The molecule has 0 radical (unpaired) electrons. The second-order valence-electron chi connectivity index (χ2n) is 7.21. The van der Waals surface area contributed by atoms with Gasteiger partial charge in [0, 0.05) is 18.5 Å². The fourth-order valence-corrected chi connectivity index (χ4v) is 5.20. The molecule has 0 saturated carbocycles. The predicted molar refractivity (Wildman–Crippen MR) is 102 cm³/mol. The van der Waals surface area contributed by atoms with E-state index in [9.17, 15) is 13.2 Å². The van der Waals surface area contributed by atoms with Crippen molar-refractivity contribution in [3.05, 3.63) is 36.4 Å². The Morgan fingerprint density at radius 2 is 1.88 bits per heavy atom. The van der Waals surface area contributed by atoms with Crippen molar-refractivity contribution in [3.63, 3.8) is 0 Å². The summed E-state index contributed by atoms with van der Waals surface area (Å²) < 4.78 is 27.3. The van der Waals surface area contributed by atoms with Crippen molar-refractivity contribution in [3.8, 4) is 0 Å². The number of carbonyl (C=O) groups is 1. The fourth-order valence-electron chi connectivity index (χ4n) is 3.76. The van der Waals surface area contributed by atoms with Crippen LogP contribution in [0.5, 0.6) is 0 Å². The third kappa shape index (κ3) is 4.72. The van der Waals surface area contributed by atoms with Crippen LogP contribution in [-0.2, 0) is 14.8 Å². The minimum Gasteiger partial charge on any atom is -0.333 e. The molecule has 2 aliphatic rings. The van der Waals surface area contributed by atoms with Crippen LogP contribution in [0.2, 0.25) is 0 Å². The first kappa shape index (κ1) is 19.1. The Hall–Kier alpha value is -1.70. The summed E-state index contributed by atoms with van der Waals surface area (Å²) in [5.41, 5.74) is 0.604. The number of quaternary nitrogens is 1. The third-order valence-corrected chi connectivity index (χ3v) is 7.11. The highest BCUT2D eigenvalue weighted by atomic mass is 32.2. The molecule has 1 saturated heterocycles. The Bertz CT molecular complexity index is 751. The first-order valence-corrected chi connectivity index (χ1v) is 10.8. The Morgan fingerprint density at radius 1 is 1.19 bits per heavy atom. The number of allylic oxidation sites excluding steroid dienone is 2. The van der Waals surface area contributed by atoms with Crippen molar-refractivity contribution >= 4 is 21.6 Å². The Labute approximate surface area is 155 Å². The molecule has 0 unspecified atom stereocenters. The van der Waals surface area contributed by atoms with Gasteiger partial charge >= 0.3 is 0 Å². The second-order valence-corrected chi connectivity index (χ2v) is 9.15. The number of nitrogens with one attached hydrogen (secondary N) is 2. The van der Waals surface area contributed by atoms with E-state index < -0.39 is 10.0 Å². The molecule has 0 aromatic heterocycles. The van der Waals surface area contributed by atoms with Gasteiger partial charge in [-0.05, 0) is 43.5 Å². The minimum absolute atomic E-state index is 0.173. The third-order valence-electron chi connectivity index (χ3n) is 5.20. The van der Waals surface area contributed by atoms with Gasteiger partial charge in [-0.1, -0.05) is 12.2 Å². The molecule has 142 valence electrons. The second kappa shape index (κ2) is 8.33. The first-order valence-electron chi connectivity index (χ1n) is 9.31. The molecule has 0 spiro atoms. The molecule has 1 aliphatic heterocycles. The number of carbonyl (C=O) groups excluding carboxylic acids is 1. The molecule has 1 aromatic carbocycles. The molecule has 26 heavy (non-hydrogen) atoms. The number of hydrogen-bond donors (Lipinski definition) is 2. The van der Waals surface area contributed by atoms with Gasteiger partial charge in [0.25, 0.3) is 0 Å². The summed E-state index contributed by atoms with van der Waals surface area (Å²) in [4.78, 5) is 12.9. The average Bonchev–Trinajstić information content (AvgIpc) is 2.63. The summed E-state index contributed by atoms with van der Waals surface area (Å²) in [6, 6.07) is 6.39. The zero-order chi connectivity index (χ0) is 18.6. The summed E-state index contributed by atoms with van der Waals surface area (Å²) >= 11 is 0. The van der Waals surface area contributed by atoms with E-state index in [0.29, 0.717) is 18.8 Å². The summed E-state index contributed by atoms with van der Waals surface area (Å²) in [5.74, 6) is 0.563. The van der Waals surface area contributed by atoms with E-state index in [2.05, 4.69) is 17.5 Å². The minimum atomic E-state index is -3.47. The topological polar surface area (TPSA) is 70.9 Å². The highest BCUT2D eigenvalue weighted by Crippen LogP contribution is 2.19. The highest BCUT2D eigenvalue weighted by molar-refractivity contribution is 7.89. The van der Waals surface area contributed by atoms with Gasteiger partial charge in [-0.2, -0.15) is 4.31 Å². The molecular formula is C19H28N3O3S+. The van der Waals surface area contributed by atoms with E-state index in [-0.39, 0.29) is 10.8 Å². The van der Waals surface area contributed by atoms with Gasteiger partial charge in [-0.15, -0.1) is 0 Å². The first-order chi connectivity index (χ1) is 12.4. The van der Waals surface area contributed by atoms with Crippen LogP contribution in [0, 0.1) is 5.92 Å². The standard InChI is InChI=1S/C19H27N3O3S/c1-16(23)20-18-7-9-19(10-8-18)26(24,25)22-13-11-21(12-14-22)15-17-5-3-2-4-6-17/h2-3,7-10,17H,4-6,11-15H2,1H3,(H,20,23)/p+1/t17-/m1/s1. The van der Waals surface area contributed by atoms with Crippen LogP contribution < -0.4 is 10.2 Å². The number of sulfonamides is 1. The van der Waals surface area contributed by atoms with Crippen LogP contribution in [0.15, 0.2) is 41.3 Å². The maximum absolute atomic E-state index is 12.8. The number of anilines is 1. The smallest absolute Gasteiger partial charge is 0.243 e. The van der Waals surface area contributed by atoms with Crippen LogP contribution in [0.3, 0.4) is 0 Å². The van der Waals surface area contributed by atoms with E-state index >= 15 is 0 Å². The fraction of sp³-hybridized carbons (Fsp3) is 0.526. The number of piperazine rings is 1. The number of nitrogens with zero attached hydrogens (tertiary/aromatic N) is 1. The average molecular weight is 379 g/mol. The molecule has 1 aromatic rings. The Balaban J connectivity index is 1.57. The molecule has 1 heterocycles. The molecule has 3 rings (SSSR count). The van der Waals surface area contributed by atoms with E-state index in [4.69, 9.17) is 0 Å². The predicted octanol–water partition coefficient (Wildman–Crippen LogP) is 0.891. The van der Waals surface area contributed by atoms with Crippen LogP contribution in [0.1, 0.15) is 26.2 Å². The van der Waals surface area contributed by atoms with Gasteiger partial charge < -0.3 is 10.2 Å². The SMILES string of the molecule is CC(=O)Nc1ccc(S(=O)(=O)N2CC[NH+](C[C@@H]3CC=CCC3)CC2)cc1. The molecular weight excluding hydrogens is 350 g/mol. The van der Waals surface area contributed by atoms with Gasteiger partial charge in [0.05, 0.1) is 37.6 Å². The maximum Gasteiger partial charge on any atom is 0.243 e. The van der Waals surface area contributed by atoms with Gasteiger partial charge in [0.15, 0.2) is 0 Å². The van der Waals surface area contributed by atoms with Gasteiger partial charge in [0.1, 0.15) is 0 Å². The van der Waals surface area contributed by atoms with Gasteiger partial charge in [-0.3, -0.25) is 4.79 Å². The number of hydrogen-bond acceptors (Lipinski definition) is 3. The molecule has 6 nitrogen and oxygen atoms in total. The summed E-state index contributed by atoms with van der Waals surface area (Å²) in [6.45, 7) is 5.42. The molecule has 1 atom stereocenters. The lowest BCUT2D eigenvalue weighted by molar-refractivity contribution is -0.907. The van der Waals surface area contributed by atoms with Crippen molar-refractivity contribution in [2.75, 3.05) is 38.0 Å². The van der Waals surface area contributed by atoms with Crippen molar-refractivity contribution in [1.82, 2.24) is 4.31 Å². The molecule has 7 heteroatoms. The molecule has 1 aliphatic carbocycles. The van der Waals surface area contributed by atoms with Gasteiger partial charge in [-0.25, -0.2) is 8.42 Å². The maximum atomic E-state index is 12.8.